The first-order chi connectivity index (χ1) is 21.4. The number of carbonyl (C=O) groups excluding carboxylic acids is 2. The molecule has 10 heteroatoms. The molecular weight excluding hydrogens is 578 g/mol. The molecule has 1 fully saturated rings. The van der Waals surface area contributed by atoms with Crippen molar-refractivity contribution in [3.8, 4) is 0 Å². The molecule has 3 N–H and O–H groups in total. The molecule has 3 aromatic rings. The van der Waals surface area contributed by atoms with Crippen molar-refractivity contribution in [3.63, 3.8) is 0 Å². The van der Waals surface area contributed by atoms with Crippen LogP contribution < -0.4 is 11.1 Å². The van der Waals surface area contributed by atoms with Crippen LogP contribution in [0.2, 0.25) is 0 Å². The van der Waals surface area contributed by atoms with Crippen LogP contribution in [0.5, 0.6) is 0 Å². The fraction of sp³-hybridized carbons (Fsp3) is 0.514. The number of carbonyl (C=O) groups is 2. The monoisotopic (exact) mass is 624 g/mol. The Morgan fingerprint density at radius 2 is 1.64 bits per heavy atom. The molecule has 4 rings (SSSR count). The number of hydrogen-bond donors (Lipinski definition) is 2. The van der Waals surface area contributed by atoms with E-state index in [1.807, 2.05) is 26.8 Å². The van der Waals surface area contributed by atoms with E-state index in [2.05, 4.69) is 24.3 Å². The van der Waals surface area contributed by atoms with Gasteiger partial charge in [0, 0.05) is 43.4 Å². The number of nitrogens with one attached hydrogen (secondary N) is 1. The van der Waals surface area contributed by atoms with Crippen molar-refractivity contribution in [2.24, 2.45) is 11.7 Å². The summed E-state index contributed by atoms with van der Waals surface area (Å²) >= 11 is 0. The highest BCUT2D eigenvalue weighted by molar-refractivity contribution is 5.98. The lowest BCUT2D eigenvalue weighted by Crippen LogP contribution is -2.48. The fourth-order valence-corrected chi connectivity index (χ4v) is 5.66. The lowest BCUT2D eigenvalue weighted by atomic mass is 10.0. The largest absolute Gasteiger partial charge is 0.456 e. The van der Waals surface area contributed by atoms with E-state index in [9.17, 15) is 18.4 Å². The number of esters is 1. The third-order valence-corrected chi connectivity index (χ3v) is 8.00. The summed E-state index contributed by atoms with van der Waals surface area (Å²) in [5.74, 6) is -1.05. The smallest absolute Gasteiger partial charge is 0.338 e. The second kappa shape index (κ2) is 15.1. The number of halogens is 2. The van der Waals surface area contributed by atoms with E-state index in [0.717, 1.165) is 55.2 Å². The number of benzene rings is 2. The standard InChI is InChI=1S/C35H46F2N4O4/c1-6-10-41(11-7-2)33(42)25-13-23(5)14-26(18-25)34(43)44-31(30(38)17-24-15-27(36)19-28(37)16-24)21-39-35(8-9-35)32-20-29(40-45-32)12-22(3)4/h13-16,18-20,22,30-31,39H,6-12,17,21,38H2,1-5H3. The lowest BCUT2D eigenvalue weighted by molar-refractivity contribution is 0.0226. The average Bonchev–Trinajstić information content (AvgIpc) is 3.62. The van der Waals surface area contributed by atoms with E-state index in [4.69, 9.17) is 15.0 Å². The zero-order chi connectivity index (χ0) is 32.7. The first-order valence-electron chi connectivity index (χ1n) is 16.0. The molecule has 1 aromatic heterocycles. The molecule has 0 saturated heterocycles. The molecule has 0 aliphatic heterocycles. The van der Waals surface area contributed by atoms with Gasteiger partial charge in [-0.05, 0) is 92.8 Å². The normalized spacial score (nSPS) is 15.1. The lowest BCUT2D eigenvalue weighted by Gasteiger charge is -2.27. The molecule has 2 atom stereocenters. The molecule has 0 bridgehead atoms. The van der Waals surface area contributed by atoms with Crippen molar-refractivity contribution in [1.82, 2.24) is 15.4 Å². The van der Waals surface area contributed by atoms with E-state index in [-0.39, 0.29) is 24.4 Å². The molecule has 45 heavy (non-hydrogen) atoms. The van der Waals surface area contributed by atoms with Gasteiger partial charge in [-0.25, -0.2) is 13.6 Å². The van der Waals surface area contributed by atoms with Gasteiger partial charge in [-0.15, -0.1) is 0 Å². The highest BCUT2D eigenvalue weighted by Crippen LogP contribution is 2.45. The minimum atomic E-state index is -0.865. The number of amides is 1. The maximum absolute atomic E-state index is 14.0. The summed E-state index contributed by atoms with van der Waals surface area (Å²) in [6.45, 7) is 11.5. The van der Waals surface area contributed by atoms with Crippen molar-refractivity contribution in [1.29, 1.82) is 0 Å². The first kappa shape index (κ1) is 34.2. The Kier molecular flexibility index (Phi) is 11.5. The molecule has 1 heterocycles. The van der Waals surface area contributed by atoms with Gasteiger partial charge < -0.3 is 25.2 Å². The van der Waals surface area contributed by atoms with Gasteiger partial charge in [0.25, 0.3) is 5.91 Å². The molecule has 1 saturated carbocycles. The average molecular weight is 625 g/mol. The van der Waals surface area contributed by atoms with Crippen molar-refractivity contribution >= 4 is 11.9 Å². The molecule has 1 aliphatic carbocycles. The van der Waals surface area contributed by atoms with Gasteiger partial charge in [0.05, 0.1) is 16.8 Å². The Hall–Kier alpha value is -3.63. The van der Waals surface area contributed by atoms with Crippen LogP contribution >= 0.6 is 0 Å². The Balaban J connectivity index is 1.55. The molecule has 0 radical (unpaired) electrons. The minimum Gasteiger partial charge on any atom is -0.456 e. The predicted octanol–water partition coefficient (Wildman–Crippen LogP) is 6.10. The van der Waals surface area contributed by atoms with E-state index in [1.165, 1.54) is 12.1 Å². The SMILES string of the molecule is CCCN(CCC)C(=O)c1cc(C)cc(C(=O)OC(CNC2(c3cc(CC(C)C)no3)CC2)C(N)Cc2cc(F)cc(F)c2)c1. The number of ether oxygens (including phenoxy) is 1. The molecular formula is C35H46F2N4O4. The van der Waals surface area contributed by atoms with Crippen LogP contribution in [0.4, 0.5) is 8.78 Å². The number of aromatic nitrogens is 1. The van der Waals surface area contributed by atoms with Crippen molar-refractivity contribution in [3.05, 3.63) is 87.8 Å². The second-order valence-corrected chi connectivity index (χ2v) is 12.7. The van der Waals surface area contributed by atoms with E-state index in [0.29, 0.717) is 30.1 Å². The van der Waals surface area contributed by atoms with E-state index < -0.39 is 35.3 Å². The van der Waals surface area contributed by atoms with Gasteiger partial charge in [0.15, 0.2) is 5.76 Å². The van der Waals surface area contributed by atoms with E-state index in [1.54, 1.807) is 23.1 Å². The van der Waals surface area contributed by atoms with Crippen molar-refractivity contribution < 1.29 is 27.6 Å². The molecule has 2 aromatic carbocycles. The molecule has 244 valence electrons. The molecule has 1 aliphatic rings. The highest BCUT2D eigenvalue weighted by atomic mass is 19.1. The molecule has 2 unspecified atom stereocenters. The van der Waals surface area contributed by atoms with Gasteiger partial charge in [0.1, 0.15) is 17.7 Å². The summed E-state index contributed by atoms with van der Waals surface area (Å²) in [6, 6.07) is 9.41. The predicted molar refractivity (Wildman–Crippen MR) is 169 cm³/mol. The first-order valence-corrected chi connectivity index (χ1v) is 16.0. The summed E-state index contributed by atoms with van der Waals surface area (Å²) in [6.07, 6.45) is 3.27. The van der Waals surface area contributed by atoms with Crippen molar-refractivity contribution in [2.45, 2.75) is 90.8 Å². The molecule has 8 nitrogen and oxygen atoms in total. The number of aryl methyl sites for hydroxylation is 1. The van der Waals surface area contributed by atoms with Crippen LogP contribution in [-0.2, 0) is 23.1 Å². The van der Waals surface area contributed by atoms with Crippen LogP contribution in [0.3, 0.4) is 0 Å². The fourth-order valence-electron chi connectivity index (χ4n) is 5.66. The van der Waals surface area contributed by atoms with Gasteiger partial charge in [0.2, 0.25) is 0 Å². The summed E-state index contributed by atoms with van der Waals surface area (Å²) in [5, 5.41) is 7.71. The van der Waals surface area contributed by atoms with Crippen molar-refractivity contribution in [2.75, 3.05) is 19.6 Å². The Labute approximate surface area is 264 Å². The Morgan fingerprint density at radius 3 is 2.24 bits per heavy atom. The van der Waals surface area contributed by atoms with Crippen LogP contribution in [0, 0.1) is 24.5 Å². The Bertz CT molecular complexity index is 1440. The zero-order valence-electron chi connectivity index (χ0n) is 27.0. The van der Waals surface area contributed by atoms with E-state index >= 15 is 0 Å². The maximum Gasteiger partial charge on any atom is 0.338 e. The summed E-state index contributed by atoms with van der Waals surface area (Å²) in [7, 11) is 0. The van der Waals surface area contributed by atoms with Crippen LogP contribution in [0.15, 0.2) is 47.0 Å². The van der Waals surface area contributed by atoms with Gasteiger partial charge in [-0.3, -0.25) is 4.79 Å². The summed E-state index contributed by atoms with van der Waals surface area (Å²) in [4.78, 5) is 28.7. The topological polar surface area (TPSA) is 111 Å². The third kappa shape index (κ3) is 9.20. The number of nitrogens with two attached hydrogens (primary N) is 1. The number of rotatable bonds is 16. The molecule has 1 amide bonds. The van der Waals surface area contributed by atoms with Gasteiger partial charge in [-0.2, -0.15) is 0 Å². The maximum atomic E-state index is 14.0. The van der Waals surface area contributed by atoms with Gasteiger partial charge >= 0.3 is 5.97 Å². The number of hydrogen-bond acceptors (Lipinski definition) is 7. The summed E-state index contributed by atoms with van der Waals surface area (Å²) < 4.78 is 39.6. The molecule has 0 spiro atoms. The second-order valence-electron chi connectivity index (χ2n) is 12.7. The number of nitrogens with zero attached hydrogens (tertiary/aromatic N) is 2. The van der Waals surface area contributed by atoms with Crippen LogP contribution in [0.25, 0.3) is 0 Å². The van der Waals surface area contributed by atoms with Crippen LogP contribution in [-0.4, -0.2) is 53.7 Å². The zero-order valence-corrected chi connectivity index (χ0v) is 27.0. The Morgan fingerprint density at radius 1 is 1.00 bits per heavy atom. The minimum absolute atomic E-state index is 0.0721. The quantitative estimate of drug-likeness (QED) is 0.186. The summed E-state index contributed by atoms with van der Waals surface area (Å²) in [5.41, 5.74) is 8.74. The van der Waals surface area contributed by atoms with Gasteiger partial charge in [-0.1, -0.05) is 32.9 Å². The highest BCUT2D eigenvalue weighted by Gasteiger charge is 2.48. The third-order valence-electron chi connectivity index (χ3n) is 8.00. The van der Waals surface area contributed by atoms with Crippen LogP contribution in [0.1, 0.15) is 96.7 Å².